The van der Waals surface area contributed by atoms with Crippen LogP contribution >= 0.6 is 0 Å². The number of ether oxygens (including phenoxy) is 1. The van der Waals surface area contributed by atoms with E-state index in [1.807, 2.05) is 6.07 Å². The Balaban J connectivity index is 2.57. The number of benzene rings is 1. The van der Waals surface area contributed by atoms with Crippen LogP contribution in [0.15, 0.2) is 24.3 Å². The number of rotatable bonds is 4. The summed E-state index contributed by atoms with van der Waals surface area (Å²) in [7, 11) is 0. The van der Waals surface area contributed by atoms with Gasteiger partial charge < -0.3 is 4.74 Å². The quantitative estimate of drug-likeness (QED) is 0.753. The fourth-order valence-electron chi connectivity index (χ4n) is 1.42. The van der Waals surface area contributed by atoms with E-state index >= 15 is 0 Å². The summed E-state index contributed by atoms with van der Waals surface area (Å²) in [5.41, 5.74) is 0.735. The second-order valence-corrected chi connectivity index (χ2v) is 3.94. The van der Waals surface area contributed by atoms with Crippen molar-refractivity contribution >= 4 is 5.97 Å². The SMILES string of the molecule is CC(C#N)OC(=O)C(C)Cc1cccc(F)c1. The average molecular weight is 235 g/mol. The van der Waals surface area contributed by atoms with Gasteiger partial charge in [-0.3, -0.25) is 4.79 Å². The molecule has 2 atom stereocenters. The molecule has 0 radical (unpaired) electrons. The van der Waals surface area contributed by atoms with Crippen molar-refractivity contribution in [2.24, 2.45) is 5.92 Å². The summed E-state index contributed by atoms with van der Waals surface area (Å²) in [5.74, 6) is -1.16. The van der Waals surface area contributed by atoms with Crippen molar-refractivity contribution in [1.29, 1.82) is 5.26 Å². The molecular weight excluding hydrogens is 221 g/mol. The molecule has 1 aromatic rings. The molecule has 1 aromatic carbocycles. The summed E-state index contributed by atoms with van der Waals surface area (Å²) < 4.78 is 17.8. The number of hydrogen-bond acceptors (Lipinski definition) is 3. The van der Waals surface area contributed by atoms with Gasteiger partial charge in [0, 0.05) is 0 Å². The number of carbonyl (C=O) groups excluding carboxylic acids is 1. The second-order valence-electron chi connectivity index (χ2n) is 3.94. The van der Waals surface area contributed by atoms with E-state index in [0.29, 0.717) is 6.42 Å². The van der Waals surface area contributed by atoms with Crippen LogP contribution in [0.5, 0.6) is 0 Å². The molecule has 0 saturated heterocycles. The van der Waals surface area contributed by atoms with Gasteiger partial charge in [0.1, 0.15) is 11.9 Å². The standard InChI is InChI=1S/C13H14FNO2/c1-9(13(16)17-10(2)8-15)6-11-4-3-5-12(14)7-11/h3-5,7,9-10H,6H2,1-2H3. The van der Waals surface area contributed by atoms with Crippen molar-refractivity contribution in [2.45, 2.75) is 26.4 Å². The molecule has 17 heavy (non-hydrogen) atoms. The lowest BCUT2D eigenvalue weighted by Gasteiger charge is -2.12. The molecule has 3 nitrogen and oxygen atoms in total. The van der Waals surface area contributed by atoms with E-state index in [1.54, 1.807) is 19.1 Å². The average Bonchev–Trinajstić information content (AvgIpc) is 2.28. The first kappa shape index (κ1) is 13.2. The van der Waals surface area contributed by atoms with Gasteiger partial charge in [-0.2, -0.15) is 5.26 Å². The minimum Gasteiger partial charge on any atom is -0.447 e. The van der Waals surface area contributed by atoms with Gasteiger partial charge in [0.05, 0.1) is 5.92 Å². The molecule has 0 fully saturated rings. The number of halogens is 1. The lowest BCUT2D eigenvalue weighted by molar-refractivity contribution is -0.150. The zero-order valence-electron chi connectivity index (χ0n) is 9.81. The van der Waals surface area contributed by atoms with E-state index in [1.165, 1.54) is 19.1 Å². The molecule has 0 amide bonds. The van der Waals surface area contributed by atoms with Crippen LogP contribution in [0, 0.1) is 23.1 Å². The molecule has 0 aliphatic carbocycles. The first-order chi connectivity index (χ1) is 8.02. The van der Waals surface area contributed by atoms with Crippen LogP contribution in [-0.4, -0.2) is 12.1 Å². The molecule has 0 heterocycles. The Hall–Kier alpha value is -1.89. The summed E-state index contributed by atoms with van der Waals surface area (Å²) in [5, 5.41) is 8.51. The highest BCUT2D eigenvalue weighted by Crippen LogP contribution is 2.12. The summed E-state index contributed by atoms with van der Waals surface area (Å²) in [6.07, 6.45) is -0.355. The minimum absolute atomic E-state index is 0.325. The lowest BCUT2D eigenvalue weighted by atomic mass is 10.0. The highest BCUT2D eigenvalue weighted by Gasteiger charge is 2.17. The Kier molecular flexibility index (Phi) is 4.65. The lowest BCUT2D eigenvalue weighted by Crippen LogP contribution is -2.21. The Morgan fingerprint density at radius 3 is 2.82 bits per heavy atom. The topological polar surface area (TPSA) is 50.1 Å². The summed E-state index contributed by atoms with van der Waals surface area (Å²) in [6, 6.07) is 7.91. The summed E-state index contributed by atoms with van der Waals surface area (Å²) in [6.45, 7) is 3.20. The van der Waals surface area contributed by atoms with Gasteiger partial charge >= 0.3 is 5.97 Å². The summed E-state index contributed by atoms with van der Waals surface area (Å²) in [4.78, 5) is 11.5. The Bertz CT molecular complexity index is 439. The molecule has 4 heteroatoms. The van der Waals surface area contributed by atoms with Crippen molar-refractivity contribution < 1.29 is 13.9 Å². The fourth-order valence-corrected chi connectivity index (χ4v) is 1.42. The molecule has 90 valence electrons. The predicted octanol–water partition coefficient (Wildman–Crippen LogP) is 2.46. The highest BCUT2D eigenvalue weighted by molar-refractivity contribution is 5.72. The van der Waals surface area contributed by atoms with Gasteiger partial charge in [0.2, 0.25) is 0 Å². The molecule has 0 aliphatic heterocycles. The monoisotopic (exact) mass is 235 g/mol. The molecule has 0 aromatic heterocycles. The molecule has 0 N–H and O–H groups in total. The number of hydrogen-bond donors (Lipinski definition) is 0. The molecular formula is C13H14FNO2. The predicted molar refractivity (Wildman–Crippen MR) is 60.4 cm³/mol. The third-order valence-corrected chi connectivity index (χ3v) is 2.31. The van der Waals surface area contributed by atoms with Crippen LogP contribution in [0.4, 0.5) is 4.39 Å². The molecule has 2 unspecified atom stereocenters. The van der Waals surface area contributed by atoms with Crippen LogP contribution in [0.25, 0.3) is 0 Å². The van der Waals surface area contributed by atoms with E-state index in [4.69, 9.17) is 10.00 Å². The summed E-state index contributed by atoms with van der Waals surface area (Å²) >= 11 is 0. The minimum atomic E-state index is -0.752. The molecule has 0 spiro atoms. The van der Waals surface area contributed by atoms with Gasteiger partial charge in [0.15, 0.2) is 6.10 Å². The molecule has 0 aliphatic rings. The van der Waals surface area contributed by atoms with E-state index in [-0.39, 0.29) is 5.82 Å². The van der Waals surface area contributed by atoms with Crippen LogP contribution in [-0.2, 0) is 16.0 Å². The van der Waals surface area contributed by atoms with Gasteiger partial charge in [-0.15, -0.1) is 0 Å². The van der Waals surface area contributed by atoms with E-state index in [2.05, 4.69) is 0 Å². The molecule has 1 rings (SSSR count). The fraction of sp³-hybridized carbons (Fsp3) is 0.385. The third kappa shape index (κ3) is 4.23. The van der Waals surface area contributed by atoms with Crippen molar-refractivity contribution in [3.05, 3.63) is 35.6 Å². The van der Waals surface area contributed by atoms with Gasteiger partial charge in [-0.1, -0.05) is 19.1 Å². The van der Waals surface area contributed by atoms with Crippen molar-refractivity contribution in [3.8, 4) is 6.07 Å². The highest BCUT2D eigenvalue weighted by atomic mass is 19.1. The first-order valence-electron chi connectivity index (χ1n) is 5.37. The number of nitrogens with zero attached hydrogens (tertiary/aromatic N) is 1. The Morgan fingerprint density at radius 2 is 2.24 bits per heavy atom. The zero-order valence-corrected chi connectivity index (χ0v) is 9.81. The molecule has 0 bridgehead atoms. The normalized spacial score (nSPS) is 13.5. The van der Waals surface area contributed by atoms with Gasteiger partial charge in [-0.25, -0.2) is 4.39 Å². The maximum atomic E-state index is 12.9. The van der Waals surface area contributed by atoms with Gasteiger partial charge in [0.25, 0.3) is 0 Å². The third-order valence-electron chi connectivity index (χ3n) is 2.31. The number of nitriles is 1. The second kappa shape index (κ2) is 6.00. The number of carbonyl (C=O) groups is 1. The smallest absolute Gasteiger partial charge is 0.310 e. The maximum Gasteiger partial charge on any atom is 0.310 e. The number of esters is 1. The maximum absolute atomic E-state index is 12.9. The van der Waals surface area contributed by atoms with Crippen LogP contribution in [0.2, 0.25) is 0 Å². The Morgan fingerprint density at radius 1 is 1.53 bits per heavy atom. The van der Waals surface area contributed by atoms with Crippen LogP contribution < -0.4 is 0 Å². The van der Waals surface area contributed by atoms with E-state index in [0.717, 1.165) is 5.56 Å². The van der Waals surface area contributed by atoms with Crippen LogP contribution in [0.1, 0.15) is 19.4 Å². The van der Waals surface area contributed by atoms with Crippen molar-refractivity contribution in [2.75, 3.05) is 0 Å². The van der Waals surface area contributed by atoms with Crippen molar-refractivity contribution in [3.63, 3.8) is 0 Å². The first-order valence-corrected chi connectivity index (χ1v) is 5.37. The molecule has 0 saturated carbocycles. The largest absolute Gasteiger partial charge is 0.447 e. The van der Waals surface area contributed by atoms with Gasteiger partial charge in [-0.05, 0) is 31.0 Å². The van der Waals surface area contributed by atoms with E-state index < -0.39 is 18.0 Å². The van der Waals surface area contributed by atoms with E-state index in [9.17, 15) is 9.18 Å². The van der Waals surface area contributed by atoms with Crippen molar-refractivity contribution in [1.82, 2.24) is 0 Å². The zero-order chi connectivity index (χ0) is 12.8. The Labute approximate surface area is 99.8 Å². The van der Waals surface area contributed by atoms with Crippen LogP contribution in [0.3, 0.4) is 0 Å².